The van der Waals surface area contributed by atoms with Crippen LogP contribution in [0.4, 0.5) is 10.5 Å². The van der Waals surface area contributed by atoms with Gasteiger partial charge in [0.1, 0.15) is 35.2 Å². The van der Waals surface area contributed by atoms with Gasteiger partial charge in [0.25, 0.3) is 5.91 Å². The van der Waals surface area contributed by atoms with Crippen LogP contribution in [0.3, 0.4) is 0 Å². The molecule has 0 heterocycles. The minimum atomic E-state index is -2.34. The quantitative estimate of drug-likeness (QED) is 0.0533. The normalized spacial score (nSPS) is 20.2. The Labute approximate surface area is 322 Å². The molecule has 0 aliphatic heterocycles. The summed E-state index contributed by atoms with van der Waals surface area (Å²) in [5.41, 5.74) is -2.11. The number of phenolic OH excluding ortho intramolecular Hbond substituents is 2. The summed E-state index contributed by atoms with van der Waals surface area (Å²) in [4.78, 5) is 52.1. The van der Waals surface area contributed by atoms with Crippen LogP contribution in [0.1, 0.15) is 104 Å². The number of aliphatic hydroxyl groups excluding tert-OH is 2. The Morgan fingerprint density at radius 2 is 1.60 bits per heavy atom. The standard InChI is InChI=1S/C40H59N3O12/c1-5-6-7-8-9-10-22-53-28-17-15-27(16-18-28)42-36(49)29(12-11-21-41-38(51)55-39(2,3)4)43-37(50)40(52)24-32(46)35(48)33(25-40)54-34(47)20-14-26-13-19-30(44)31(45)23-26/h13,15-19,23,29,32-33,35,44-46,48,52H,5-12,14,20-22,24-25H2,1-4H3,(H,41,51)(H,42,49)(H,43,50)/t29?,32-,33-,35?,40+/m1/s1. The Morgan fingerprint density at radius 1 is 0.909 bits per heavy atom. The summed E-state index contributed by atoms with van der Waals surface area (Å²) >= 11 is 0. The second-order valence-corrected chi connectivity index (χ2v) is 15.1. The minimum Gasteiger partial charge on any atom is -0.504 e. The van der Waals surface area contributed by atoms with E-state index in [1.54, 1.807) is 45.0 Å². The molecule has 3 rings (SSSR count). The number of carbonyl (C=O) groups excluding carboxylic acids is 4. The summed E-state index contributed by atoms with van der Waals surface area (Å²) in [5.74, 6) is -2.49. The van der Waals surface area contributed by atoms with Crippen molar-refractivity contribution in [3.63, 3.8) is 0 Å². The third kappa shape index (κ3) is 15.6. The Bertz CT molecular complexity index is 1550. The zero-order chi connectivity index (χ0) is 40.6. The summed E-state index contributed by atoms with van der Waals surface area (Å²) in [6.07, 6.45) is 0.426. The van der Waals surface area contributed by atoms with E-state index in [9.17, 15) is 44.7 Å². The number of benzene rings is 2. The zero-order valence-corrected chi connectivity index (χ0v) is 32.3. The average Bonchev–Trinajstić information content (AvgIpc) is 3.11. The molecule has 1 saturated carbocycles. The van der Waals surface area contributed by atoms with Crippen molar-refractivity contribution in [1.29, 1.82) is 0 Å². The van der Waals surface area contributed by atoms with Gasteiger partial charge in [-0.1, -0.05) is 45.1 Å². The number of rotatable bonds is 20. The number of amides is 3. The van der Waals surface area contributed by atoms with Gasteiger partial charge in [-0.25, -0.2) is 4.79 Å². The average molecular weight is 774 g/mol. The summed E-state index contributed by atoms with van der Waals surface area (Å²) in [7, 11) is 0. The van der Waals surface area contributed by atoms with Gasteiger partial charge in [-0.05, 0) is 88.4 Å². The number of aromatic hydroxyl groups is 2. The fraction of sp³-hybridized carbons (Fsp3) is 0.600. The van der Waals surface area contributed by atoms with Gasteiger partial charge in [0, 0.05) is 31.5 Å². The fourth-order valence-electron chi connectivity index (χ4n) is 6.06. The molecule has 3 amide bonds. The van der Waals surface area contributed by atoms with Crippen LogP contribution >= 0.6 is 0 Å². The van der Waals surface area contributed by atoms with Crippen molar-refractivity contribution in [1.82, 2.24) is 10.6 Å². The van der Waals surface area contributed by atoms with Crippen LogP contribution in [-0.4, -0.2) is 98.1 Å². The first kappa shape index (κ1) is 44.8. The van der Waals surface area contributed by atoms with Gasteiger partial charge in [-0.15, -0.1) is 0 Å². The molecule has 2 aromatic carbocycles. The lowest BCUT2D eigenvalue weighted by Gasteiger charge is -2.41. The Kier molecular flexibility index (Phi) is 17.5. The van der Waals surface area contributed by atoms with Crippen molar-refractivity contribution in [3.05, 3.63) is 48.0 Å². The van der Waals surface area contributed by atoms with Crippen LogP contribution in [0, 0.1) is 0 Å². The van der Waals surface area contributed by atoms with E-state index in [0.717, 1.165) is 12.8 Å². The van der Waals surface area contributed by atoms with E-state index in [0.29, 0.717) is 23.6 Å². The lowest BCUT2D eigenvalue weighted by Crippen LogP contribution is -2.61. The van der Waals surface area contributed by atoms with Crippen molar-refractivity contribution < 1.29 is 58.9 Å². The molecule has 1 aliphatic carbocycles. The first-order chi connectivity index (χ1) is 26.0. The summed E-state index contributed by atoms with van der Waals surface area (Å²) in [6.45, 7) is 8.02. The van der Waals surface area contributed by atoms with Gasteiger partial charge in [-0.2, -0.15) is 0 Å². The van der Waals surface area contributed by atoms with Crippen LogP contribution in [0.15, 0.2) is 42.5 Å². The highest BCUT2D eigenvalue weighted by atomic mass is 16.6. The Morgan fingerprint density at radius 3 is 2.27 bits per heavy atom. The van der Waals surface area contributed by atoms with Crippen LogP contribution in [0.25, 0.3) is 0 Å². The number of phenols is 2. The van der Waals surface area contributed by atoms with E-state index >= 15 is 0 Å². The first-order valence-corrected chi connectivity index (χ1v) is 19.1. The van der Waals surface area contributed by atoms with Crippen LogP contribution in [0.5, 0.6) is 17.2 Å². The van der Waals surface area contributed by atoms with Gasteiger partial charge in [0.05, 0.1) is 12.7 Å². The number of nitrogens with one attached hydrogen (secondary N) is 3. The SMILES string of the molecule is CCCCCCCCOc1ccc(NC(=O)C(CCCNC(=O)OC(C)(C)C)NC(=O)[C@]2(O)C[C@@H](O)C(O)[C@H](OC(=O)CCc3ccc(O)c(O)c3)C2)cc1. The number of anilines is 1. The number of hydrogen-bond acceptors (Lipinski definition) is 12. The van der Waals surface area contributed by atoms with Crippen molar-refractivity contribution in [3.8, 4) is 17.2 Å². The molecule has 306 valence electrons. The molecule has 15 heteroatoms. The highest BCUT2D eigenvalue weighted by Gasteiger charge is 2.50. The van der Waals surface area contributed by atoms with E-state index in [-0.39, 0.29) is 43.7 Å². The second-order valence-electron chi connectivity index (χ2n) is 15.1. The highest BCUT2D eigenvalue weighted by Crippen LogP contribution is 2.32. The maximum Gasteiger partial charge on any atom is 0.407 e. The molecule has 2 unspecified atom stereocenters. The molecular formula is C40H59N3O12. The molecule has 0 bridgehead atoms. The predicted octanol–water partition coefficient (Wildman–Crippen LogP) is 4.36. The van der Waals surface area contributed by atoms with E-state index < -0.39 is 72.3 Å². The highest BCUT2D eigenvalue weighted by molar-refractivity contribution is 5.98. The number of ether oxygens (including phenoxy) is 3. The van der Waals surface area contributed by atoms with Crippen LogP contribution in [-0.2, 0) is 30.3 Å². The molecule has 55 heavy (non-hydrogen) atoms. The van der Waals surface area contributed by atoms with Crippen molar-refractivity contribution in [2.24, 2.45) is 0 Å². The molecule has 0 saturated heterocycles. The van der Waals surface area contributed by atoms with Gasteiger partial charge in [0.15, 0.2) is 11.5 Å². The van der Waals surface area contributed by atoms with Gasteiger partial charge >= 0.3 is 12.1 Å². The van der Waals surface area contributed by atoms with Crippen LogP contribution < -0.4 is 20.7 Å². The number of esters is 1. The van der Waals surface area contributed by atoms with E-state index in [1.807, 2.05) is 0 Å². The number of hydrogen-bond donors (Lipinski definition) is 8. The molecule has 2 aromatic rings. The van der Waals surface area contributed by atoms with Crippen molar-refractivity contribution in [2.75, 3.05) is 18.5 Å². The molecule has 15 nitrogen and oxygen atoms in total. The third-order valence-electron chi connectivity index (χ3n) is 9.07. The monoisotopic (exact) mass is 773 g/mol. The first-order valence-electron chi connectivity index (χ1n) is 19.1. The number of aliphatic hydroxyl groups is 3. The van der Waals surface area contributed by atoms with E-state index in [1.165, 1.54) is 43.9 Å². The number of aryl methyl sites for hydroxylation is 1. The van der Waals surface area contributed by atoms with Gasteiger partial charge in [-0.3, -0.25) is 14.4 Å². The molecule has 8 N–H and O–H groups in total. The van der Waals surface area contributed by atoms with E-state index in [4.69, 9.17) is 14.2 Å². The van der Waals surface area contributed by atoms with Crippen molar-refractivity contribution >= 4 is 29.6 Å². The Balaban J connectivity index is 1.64. The molecule has 1 fully saturated rings. The Hall–Kier alpha value is -4.60. The minimum absolute atomic E-state index is 0.0271. The molecular weight excluding hydrogens is 714 g/mol. The third-order valence-corrected chi connectivity index (χ3v) is 9.07. The smallest absolute Gasteiger partial charge is 0.407 e. The lowest BCUT2D eigenvalue weighted by atomic mass is 9.78. The predicted molar refractivity (Wildman–Crippen MR) is 204 cm³/mol. The summed E-state index contributed by atoms with van der Waals surface area (Å²) < 4.78 is 16.5. The molecule has 0 aromatic heterocycles. The number of alkyl carbamates (subject to hydrolysis) is 1. The lowest BCUT2D eigenvalue weighted by molar-refractivity contribution is -0.190. The summed E-state index contributed by atoms with van der Waals surface area (Å²) in [6, 6.07) is 9.60. The second kappa shape index (κ2) is 21.5. The van der Waals surface area contributed by atoms with Gasteiger partial charge < -0.3 is 55.7 Å². The maximum absolute atomic E-state index is 13.7. The van der Waals surface area contributed by atoms with Crippen molar-refractivity contribution in [2.45, 2.75) is 140 Å². The molecule has 5 atom stereocenters. The molecule has 0 spiro atoms. The topological polar surface area (TPSA) is 233 Å². The fourth-order valence-corrected chi connectivity index (χ4v) is 6.06. The van der Waals surface area contributed by atoms with Crippen LogP contribution in [0.2, 0.25) is 0 Å². The maximum atomic E-state index is 13.7. The van der Waals surface area contributed by atoms with E-state index in [2.05, 4.69) is 22.9 Å². The van der Waals surface area contributed by atoms with Gasteiger partial charge in [0.2, 0.25) is 5.91 Å². The number of unbranched alkanes of at least 4 members (excludes halogenated alkanes) is 5. The number of carbonyl (C=O) groups is 4. The molecule has 0 radical (unpaired) electrons. The summed E-state index contributed by atoms with van der Waals surface area (Å²) in [5, 5.41) is 59.9. The zero-order valence-electron chi connectivity index (χ0n) is 32.3. The molecule has 1 aliphatic rings. The largest absolute Gasteiger partial charge is 0.504 e.